The first-order chi connectivity index (χ1) is 6.43. The minimum absolute atomic E-state index is 0.111. The lowest BCUT2D eigenvalue weighted by atomic mass is 9.87. The Morgan fingerprint density at radius 1 is 1.71 bits per heavy atom. The van der Waals surface area contributed by atoms with Crippen LogP contribution >= 0.6 is 0 Å². The van der Waals surface area contributed by atoms with E-state index in [1.807, 2.05) is 0 Å². The molecular weight excluding hydrogens is 182 g/mol. The largest absolute Gasteiger partial charge is 0.388 e. The molecule has 0 aromatic heterocycles. The highest BCUT2D eigenvalue weighted by Gasteiger charge is 2.39. The van der Waals surface area contributed by atoms with Gasteiger partial charge < -0.3 is 10.4 Å². The number of hydrogen-bond donors (Lipinski definition) is 2. The van der Waals surface area contributed by atoms with E-state index in [2.05, 4.69) is 5.32 Å². The van der Waals surface area contributed by atoms with E-state index in [0.29, 0.717) is 6.42 Å². The minimum atomic E-state index is -1.10. The maximum atomic E-state index is 11.4. The Morgan fingerprint density at radius 3 is 2.79 bits per heavy atom. The zero-order valence-corrected chi connectivity index (χ0v) is 8.67. The summed E-state index contributed by atoms with van der Waals surface area (Å²) in [6.07, 6.45) is 2.13. The van der Waals surface area contributed by atoms with Gasteiger partial charge in [0, 0.05) is 25.8 Å². The van der Waals surface area contributed by atoms with Crippen molar-refractivity contribution < 1.29 is 14.7 Å². The summed E-state index contributed by atoms with van der Waals surface area (Å²) < 4.78 is 0. The molecular formula is C10H17NO3. The molecule has 0 aliphatic heterocycles. The molecule has 1 saturated carbocycles. The first-order valence-corrected chi connectivity index (χ1v) is 4.93. The number of ketones is 1. The molecule has 0 radical (unpaired) electrons. The quantitative estimate of drug-likeness (QED) is 0.684. The molecule has 0 bridgehead atoms. The number of amides is 1. The van der Waals surface area contributed by atoms with Gasteiger partial charge in [-0.2, -0.15) is 0 Å². The molecule has 0 aromatic rings. The topological polar surface area (TPSA) is 66.4 Å². The monoisotopic (exact) mass is 199 g/mol. The second kappa shape index (κ2) is 4.09. The van der Waals surface area contributed by atoms with Crippen molar-refractivity contribution >= 4 is 11.7 Å². The zero-order chi connectivity index (χ0) is 10.8. The number of nitrogens with one attached hydrogen (secondary N) is 1. The van der Waals surface area contributed by atoms with E-state index in [-0.39, 0.29) is 24.2 Å². The van der Waals surface area contributed by atoms with Gasteiger partial charge in [-0.05, 0) is 19.8 Å². The summed E-state index contributed by atoms with van der Waals surface area (Å²) in [6.45, 7) is 3.15. The molecule has 80 valence electrons. The summed E-state index contributed by atoms with van der Waals surface area (Å²) in [5.74, 6) is -0.384. The second-order valence-corrected chi connectivity index (χ2v) is 4.18. The molecule has 0 aromatic carbocycles. The van der Waals surface area contributed by atoms with Crippen molar-refractivity contribution in [3.05, 3.63) is 0 Å². The molecule has 1 aliphatic carbocycles. The Balaban J connectivity index is 2.54. The Labute approximate surface area is 83.7 Å². The molecule has 0 saturated heterocycles. The van der Waals surface area contributed by atoms with Crippen molar-refractivity contribution in [2.45, 2.75) is 38.7 Å². The zero-order valence-electron chi connectivity index (χ0n) is 8.67. The SMILES string of the molecule is CC(=O)NC[C@@](C)(O)[C@@H]1CCCC1=O. The van der Waals surface area contributed by atoms with Crippen LogP contribution in [0.1, 0.15) is 33.1 Å². The standard InChI is InChI=1S/C10H17NO3/c1-7(12)11-6-10(2,14)8-4-3-5-9(8)13/h8,14H,3-6H2,1-2H3,(H,11,12)/t8-,10-/m1/s1. The van der Waals surface area contributed by atoms with Gasteiger partial charge in [0.05, 0.1) is 5.60 Å². The van der Waals surface area contributed by atoms with Gasteiger partial charge in [0.25, 0.3) is 0 Å². The fraction of sp³-hybridized carbons (Fsp3) is 0.800. The summed E-state index contributed by atoms with van der Waals surface area (Å²) in [5, 5.41) is 12.5. The summed E-state index contributed by atoms with van der Waals surface area (Å²) in [4.78, 5) is 22.1. The number of hydrogen-bond acceptors (Lipinski definition) is 3. The van der Waals surface area contributed by atoms with Gasteiger partial charge in [0.15, 0.2) is 0 Å². The molecule has 0 heterocycles. The number of Topliss-reactive ketones (excluding diaryl/α,β-unsaturated/α-hetero) is 1. The van der Waals surface area contributed by atoms with Crippen LogP contribution in [0.3, 0.4) is 0 Å². The molecule has 14 heavy (non-hydrogen) atoms. The van der Waals surface area contributed by atoms with Crippen LogP contribution in [0, 0.1) is 5.92 Å². The normalized spacial score (nSPS) is 25.9. The highest BCUT2D eigenvalue weighted by atomic mass is 16.3. The average molecular weight is 199 g/mol. The van der Waals surface area contributed by atoms with Gasteiger partial charge in [-0.25, -0.2) is 0 Å². The Morgan fingerprint density at radius 2 is 2.36 bits per heavy atom. The predicted molar refractivity (Wildman–Crippen MR) is 51.7 cm³/mol. The van der Waals surface area contributed by atoms with Crippen LogP contribution in [0.15, 0.2) is 0 Å². The van der Waals surface area contributed by atoms with Crippen LogP contribution in [-0.2, 0) is 9.59 Å². The van der Waals surface area contributed by atoms with Crippen LogP contribution < -0.4 is 5.32 Å². The first-order valence-electron chi connectivity index (χ1n) is 4.93. The average Bonchev–Trinajstić information content (AvgIpc) is 2.48. The van der Waals surface area contributed by atoms with Crippen LogP contribution in [0.4, 0.5) is 0 Å². The van der Waals surface area contributed by atoms with Crippen molar-refractivity contribution in [3.8, 4) is 0 Å². The highest BCUT2D eigenvalue weighted by Crippen LogP contribution is 2.30. The minimum Gasteiger partial charge on any atom is -0.388 e. The molecule has 0 unspecified atom stereocenters. The van der Waals surface area contributed by atoms with Gasteiger partial charge in [-0.3, -0.25) is 9.59 Å². The van der Waals surface area contributed by atoms with E-state index in [1.54, 1.807) is 6.92 Å². The number of rotatable bonds is 3. The Kier molecular flexibility index (Phi) is 3.26. The molecule has 1 fully saturated rings. The first kappa shape index (κ1) is 11.2. The van der Waals surface area contributed by atoms with E-state index < -0.39 is 5.60 Å². The van der Waals surface area contributed by atoms with Crippen molar-refractivity contribution in [2.75, 3.05) is 6.54 Å². The highest BCUT2D eigenvalue weighted by molar-refractivity contribution is 5.84. The van der Waals surface area contributed by atoms with E-state index >= 15 is 0 Å². The molecule has 0 spiro atoms. The molecule has 2 atom stereocenters. The van der Waals surface area contributed by atoms with E-state index in [4.69, 9.17) is 0 Å². The molecule has 4 heteroatoms. The number of carbonyl (C=O) groups excluding carboxylic acids is 2. The van der Waals surface area contributed by atoms with Crippen LogP contribution in [0.2, 0.25) is 0 Å². The summed E-state index contributed by atoms with van der Waals surface area (Å²) in [6, 6.07) is 0. The number of carbonyl (C=O) groups is 2. The third-order valence-electron chi connectivity index (χ3n) is 2.75. The third kappa shape index (κ3) is 2.54. The van der Waals surface area contributed by atoms with Gasteiger partial charge >= 0.3 is 0 Å². The lowest BCUT2D eigenvalue weighted by Crippen LogP contribution is -2.47. The van der Waals surface area contributed by atoms with Crippen LogP contribution in [0.25, 0.3) is 0 Å². The van der Waals surface area contributed by atoms with Gasteiger partial charge in [0.1, 0.15) is 5.78 Å². The molecule has 1 amide bonds. The third-order valence-corrected chi connectivity index (χ3v) is 2.75. The van der Waals surface area contributed by atoms with Crippen LogP contribution in [0.5, 0.6) is 0 Å². The Hall–Kier alpha value is -0.900. The van der Waals surface area contributed by atoms with Crippen molar-refractivity contribution in [1.29, 1.82) is 0 Å². The van der Waals surface area contributed by atoms with Gasteiger partial charge in [-0.1, -0.05) is 0 Å². The predicted octanol–water partition coefficient (Wildman–Crippen LogP) is 0.243. The van der Waals surface area contributed by atoms with Crippen molar-refractivity contribution in [3.63, 3.8) is 0 Å². The smallest absolute Gasteiger partial charge is 0.216 e. The lowest BCUT2D eigenvalue weighted by molar-refractivity contribution is -0.130. The number of aliphatic hydroxyl groups is 1. The maximum Gasteiger partial charge on any atom is 0.216 e. The Bertz CT molecular complexity index is 248. The molecule has 1 aliphatic rings. The molecule has 1 rings (SSSR count). The molecule has 4 nitrogen and oxygen atoms in total. The second-order valence-electron chi connectivity index (χ2n) is 4.18. The van der Waals surface area contributed by atoms with Gasteiger partial charge in [-0.15, -0.1) is 0 Å². The summed E-state index contributed by atoms with van der Waals surface area (Å²) in [7, 11) is 0. The molecule has 2 N–H and O–H groups in total. The fourth-order valence-electron chi connectivity index (χ4n) is 1.90. The summed E-state index contributed by atoms with van der Waals surface area (Å²) in [5.41, 5.74) is -1.10. The van der Waals surface area contributed by atoms with Crippen LogP contribution in [-0.4, -0.2) is 28.9 Å². The summed E-state index contributed by atoms with van der Waals surface area (Å²) >= 11 is 0. The van der Waals surface area contributed by atoms with Crippen molar-refractivity contribution in [1.82, 2.24) is 5.32 Å². The lowest BCUT2D eigenvalue weighted by Gasteiger charge is -2.28. The van der Waals surface area contributed by atoms with E-state index in [0.717, 1.165) is 12.8 Å². The van der Waals surface area contributed by atoms with Gasteiger partial charge in [0.2, 0.25) is 5.91 Å². The fourth-order valence-corrected chi connectivity index (χ4v) is 1.90. The van der Waals surface area contributed by atoms with E-state index in [1.165, 1.54) is 6.92 Å². The van der Waals surface area contributed by atoms with E-state index in [9.17, 15) is 14.7 Å². The van der Waals surface area contributed by atoms with Crippen molar-refractivity contribution in [2.24, 2.45) is 5.92 Å². The maximum absolute atomic E-state index is 11.4.